The van der Waals surface area contributed by atoms with Gasteiger partial charge in [-0.15, -0.1) is 54.1 Å². The monoisotopic (exact) mass is 727 g/mol. The Bertz CT molecular complexity index is 1970. The van der Waals surface area contributed by atoms with Crippen LogP contribution in [0.2, 0.25) is 0 Å². The minimum atomic E-state index is -0.299. The van der Waals surface area contributed by atoms with Crippen LogP contribution < -0.4 is 0 Å². The van der Waals surface area contributed by atoms with Crippen LogP contribution in [0.1, 0.15) is 16.7 Å². The predicted octanol–water partition coefficient (Wildman–Crippen LogP) is 9.73. The van der Waals surface area contributed by atoms with Crippen molar-refractivity contribution in [1.29, 1.82) is 0 Å². The molecule has 0 N–H and O–H groups in total. The Kier molecular flexibility index (Phi) is 8.72. The fraction of sp³-hybridized carbons (Fsp3) is 0.0811. The standard InChI is InChI=1S/C24H15FNO.C13H12N.Ir/c1-15-10-13-21(26-14-15)19-9-5-8-17-18-11-12-20(25)22(24(18)27-23(17)19)16-6-3-2-4-7-16;1-10-8-13(14-9-11(10)2)12-6-4-3-5-7-12;/h2-8,10-14H,1H3;3-6,8-9H,1-2H3;/q2*-1;. The molecule has 3 aromatic heterocycles. The van der Waals surface area contributed by atoms with Gasteiger partial charge in [-0.3, -0.25) is 0 Å². The Labute approximate surface area is 258 Å². The third-order valence-corrected chi connectivity index (χ3v) is 7.14. The number of hydrogen-bond donors (Lipinski definition) is 0. The van der Waals surface area contributed by atoms with E-state index in [1.807, 2.05) is 98.2 Å². The fourth-order valence-corrected chi connectivity index (χ4v) is 4.79. The molecule has 7 aromatic rings. The van der Waals surface area contributed by atoms with Crippen molar-refractivity contribution in [1.82, 2.24) is 9.97 Å². The maximum Gasteiger partial charge on any atom is 0.134 e. The van der Waals surface area contributed by atoms with E-state index >= 15 is 0 Å². The smallest absolute Gasteiger partial charge is 0.134 e. The molecule has 0 amide bonds. The molecular weight excluding hydrogens is 700 g/mol. The van der Waals surface area contributed by atoms with Crippen molar-refractivity contribution in [2.75, 3.05) is 0 Å². The van der Waals surface area contributed by atoms with Gasteiger partial charge in [-0.25, -0.2) is 4.39 Å². The molecular formula is C37H27FIrN2O-2. The van der Waals surface area contributed by atoms with E-state index in [4.69, 9.17) is 4.42 Å². The number of halogens is 1. The molecule has 0 bridgehead atoms. The first-order valence-corrected chi connectivity index (χ1v) is 13.4. The average molecular weight is 727 g/mol. The van der Waals surface area contributed by atoms with Crippen molar-refractivity contribution in [2.45, 2.75) is 20.8 Å². The normalized spacial score (nSPS) is 10.7. The van der Waals surface area contributed by atoms with Crippen molar-refractivity contribution in [3.8, 4) is 33.6 Å². The number of pyridine rings is 2. The summed E-state index contributed by atoms with van der Waals surface area (Å²) in [6.45, 7) is 6.17. The van der Waals surface area contributed by atoms with E-state index in [1.54, 1.807) is 6.07 Å². The minimum absolute atomic E-state index is 0. The fourth-order valence-electron chi connectivity index (χ4n) is 4.79. The molecule has 7 rings (SSSR count). The molecule has 0 fully saturated rings. The van der Waals surface area contributed by atoms with Gasteiger partial charge in [-0.05, 0) is 61.0 Å². The van der Waals surface area contributed by atoms with Gasteiger partial charge >= 0.3 is 0 Å². The van der Waals surface area contributed by atoms with Crippen molar-refractivity contribution in [2.24, 2.45) is 0 Å². The molecule has 0 aliphatic heterocycles. The summed E-state index contributed by atoms with van der Waals surface area (Å²) in [5.41, 5.74) is 9.68. The van der Waals surface area contributed by atoms with Gasteiger partial charge in [0.05, 0.1) is 11.1 Å². The van der Waals surface area contributed by atoms with Gasteiger partial charge < -0.3 is 14.4 Å². The molecule has 3 nitrogen and oxygen atoms in total. The average Bonchev–Trinajstić information content (AvgIpc) is 3.39. The van der Waals surface area contributed by atoms with Crippen molar-refractivity contribution < 1.29 is 28.9 Å². The molecule has 0 saturated carbocycles. The van der Waals surface area contributed by atoms with Crippen LogP contribution in [0.3, 0.4) is 0 Å². The number of aromatic nitrogens is 2. The van der Waals surface area contributed by atoms with E-state index in [1.165, 1.54) is 17.2 Å². The molecule has 209 valence electrons. The quantitative estimate of drug-likeness (QED) is 0.170. The van der Waals surface area contributed by atoms with Crippen LogP contribution in [-0.2, 0) is 20.1 Å². The number of rotatable bonds is 3. The zero-order valence-corrected chi connectivity index (χ0v) is 25.8. The third-order valence-electron chi connectivity index (χ3n) is 7.14. The molecule has 1 radical (unpaired) electrons. The molecule has 42 heavy (non-hydrogen) atoms. The van der Waals surface area contributed by atoms with E-state index in [9.17, 15) is 4.39 Å². The SMILES string of the molecule is Cc1ccc(-c2[c-]ccc3c2oc2c(-c4ccccc4)c(F)ccc23)nc1.Cc1cnc(-c2[c-]cccc2)cc1C.[Ir]. The molecule has 5 heteroatoms. The van der Waals surface area contributed by atoms with Crippen LogP contribution in [-0.4, -0.2) is 9.97 Å². The summed E-state index contributed by atoms with van der Waals surface area (Å²) >= 11 is 0. The maximum atomic E-state index is 14.7. The molecule has 0 unspecified atom stereocenters. The summed E-state index contributed by atoms with van der Waals surface area (Å²) in [4.78, 5) is 8.88. The Balaban J connectivity index is 0.000000200. The largest absolute Gasteiger partial charge is 0.500 e. The zero-order chi connectivity index (χ0) is 28.3. The van der Waals surface area contributed by atoms with Crippen LogP contribution in [0.4, 0.5) is 4.39 Å². The second-order valence-corrected chi connectivity index (χ2v) is 10.0. The van der Waals surface area contributed by atoms with Gasteiger partial charge in [-0.1, -0.05) is 65.0 Å². The summed E-state index contributed by atoms with van der Waals surface area (Å²) < 4.78 is 20.9. The van der Waals surface area contributed by atoms with Gasteiger partial charge in [0.2, 0.25) is 0 Å². The summed E-state index contributed by atoms with van der Waals surface area (Å²) in [7, 11) is 0. The summed E-state index contributed by atoms with van der Waals surface area (Å²) in [5, 5.41) is 1.81. The Hall–Kier alpha value is -4.44. The Morgan fingerprint density at radius 1 is 0.667 bits per heavy atom. The van der Waals surface area contributed by atoms with Gasteiger partial charge in [0.15, 0.2) is 0 Å². The van der Waals surface area contributed by atoms with E-state index in [-0.39, 0.29) is 25.9 Å². The maximum absolute atomic E-state index is 14.7. The van der Waals surface area contributed by atoms with Gasteiger partial charge in [0.1, 0.15) is 11.4 Å². The molecule has 3 heterocycles. The van der Waals surface area contributed by atoms with Crippen LogP contribution in [0.15, 0.2) is 114 Å². The van der Waals surface area contributed by atoms with E-state index in [0.29, 0.717) is 16.7 Å². The molecule has 0 aliphatic carbocycles. The molecule has 0 spiro atoms. The van der Waals surface area contributed by atoms with E-state index < -0.39 is 0 Å². The number of hydrogen-bond acceptors (Lipinski definition) is 3. The summed E-state index contributed by atoms with van der Waals surface area (Å²) in [5.74, 6) is -0.299. The van der Waals surface area contributed by atoms with Crippen molar-refractivity contribution >= 4 is 21.9 Å². The number of benzene rings is 4. The molecule has 4 aromatic carbocycles. The van der Waals surface area contributed by atoms with Gasteiger partial charge in [0.25, 0.3) is 0 Å². The first-order chi connectivity index (χ1) is 20.0. The molecule has 0 aliphatic rings. The number of fused-ring (bicyclic) bond motifs is 3. The number of furan rings is 1. The topological polar surface area (TPSA) is 38.9 Å². The van der Waals surface area contributed by atoms with Crippen LogP contribution in [0.25, 0.3) is 55.6 Å². The summed E-state index contributed by atoms with van der Waals surface area (Å²) in [6.07, 6.45) is 3.73. The van der Waals surface area contributed by atoms with Gasteiger partial charge in [-0.2, -0.15) is 0 Å². The predicted molar refractivity (Wildman–Crippen MR) is 164 cm³/mol. The number of aryl methyl sites for hydroxylation is 3. The minimum Gasteiger partial charge on any atom is -0.500 e. The Morgan fingerprint density at radius 3 is 2.14 bits per heavy atom. The van der Waals surface area contributed by atoms with Crippen molar-refractivity contribution in [3.63, 3.8) is 0 Å². The Morgan fingerprint density at radius 2 is 1.43 bits per heavy atom. The second kappa shape index (κ2) is 12.6. The molecule has 0 saturated heterocycles. The first kappa shape index (κ1) is 29.1. The first-order valence-electron chi connectivity index (χ1n) is 13.4. The van der Waals surface area contributed by atoms with Crippen LogP contribution >= 0.6 is 0 Å². The molecule has 0 atom stereocenters. The van der Waals surface area contributed by atoms with E-state index in [2.05, 4.69) is 42.0 Å². The summed E-state index contributed by atoms with van der Waals surface area (Å²) in [6, 6.07) is 36.9. The second-order valence-electron chi connectivity index (χ2n) is 10.0. The number of nitrogens with zero attached hydrogens (tertiary/aromatic N) is 2. The van der Waals surface area contributed by atoms with Crippen LogP contribution in [0, 0.1) is 38.7 Å². The van der Waals surface area contributed by atoms with Crippen LogP contribution in [0.5, 0.6) is 0 Å². The van der Waals surface area contributed by atoms with Crippen molar-refractivity contribution in [3.05, 3.63) is 144 Å². The van der Waals surface area contributed by atoms with E-state index in [0.717, 1.165) is 44.4 Å². The van der Waals surface area contributed by atoms with Gasteiger partial charge in [0, 0.05) is 37.9 Å². The zero-order valence-electron chi connectivity index (χ0n) is 23.4. The third kappa shape index (κ3) is 5.80.